The number of carbonyl (C=O) groups is 1. The molecule has 2 heterocycles. The van der Waals surface area contributed by atoms with E-state index in [4.69, 9.17) is 25.4 Å². The highest BCUT2D eigenvalue weighted by Gasteiger charge is 2.35. The first-order chi connectivity index (χ1) is 20.4. The van der Waals surface area contributed by atoms with Crippen molar-refractivity contribution in [2.75, 3.05) is 13.1 Å². The zero-order valence-electron chi connectivity index (χ0n) is 23.9. The smallest absolute Gasteiger partial charge is 0.410 e. The molecule has 1 saturated heterocycles. The van der Waals surface area contributed by atoms with E-state index in [9.17, 15) is 13.2 Å². The van der Waals surface area contributed by atoms with Crippen molar-refractivity contribution < 1.29 is 27.9 Å². The van der Waals surface area contributed by atoms with Crippen LogP contribution >= 0.6 is 11.3 Å². The second-order valence-corrected chi connectivity index (χ2v) is 14.0. The van der Waals surface area contributed by atoms with Crippen LogP contribution in [0.2, 0.25) is 0 Å². The molecule has 4 aromatic rings. The fourth-order valence-electron chi connectivity index (χ4n) is 4.51. The van der Waals surface area contributed by atoms with Crippen LogP contribution in [0.25, 0.3) is 10.2 Å². The number of thiazole rings is 1. The number of nitrogens with zero attached hydrogens (tertiary/aromatic N) is 3. The van der Waals surface area contributed by atoms with Gasteiger partial charge in [-0.25, -0.2) is 22.9 Å². The predicted octanol–water partition coefficient (Wildman–Crippen LogP) is 4.65. The minimum atomic E-state index is -3.88. The molecule has 1 fully saturated rings. The molecule has 1 unspecified atom stereocenters. The first-order valence-electron chi connectivity index (χ1n) is 13.6. The van der Waals surface area contributed by atoms with Crippen molar-refractivity contribution in [3.63, 3.8) is 0 Å². The summed E-state index contributed by atoms with van der Waals surface area (Å²) >= 11 is 1.36. The van der Waals surface area contributed by atoms with E-state index < -0.39 is 21.7 Å². The monoisotopic (exact) mass is 623 g/mol. The third-order valence-electron chi connectivity index (χ3n) is 6.60. The van der Waals surface area contributed by atoms with E-state index >= 15 is 0 Å². The van der Waals surface area contributed by atoms with Crippen molar-refractivity contribution in [3.8, 4) is 5.75 Å². The molecule has 0 bridgehead atoms. The van der Waals surface area contributed by atoms with Gasteiger partial charge in [-0.15, -0.1) is 11.3 Å². The van der Waals surface area contributed by atoms with Crippen LogP contribution in [0.4, 0.5) is 4.79 Å². The van der Waals surface area contributed by atoms with Gasteiger partial charge in [0.2, 0.25) is 10.0 Å². The highest BCUT2D eigenvalue weighted by atomic mass is 32.2. The van der Waals surface area contributed by atoms with Crippen molar-refractivity contribution in [3.05, 3.63) is 88.9 Å². The summed E-state index contributed by atoms with van der Waals surface area (Å²) in [5.41, 5.74) is 7.21. The van der Waals surface area contributed by atoms with Gasteiger partial charge < -0.3 is 25.3 Å². The molecule has 11 nitrogen and oxygen atoms in total. The summed E-state index contributed by atoms with van der Waals surface area (Å²) in [6.45, 7) is 6.33. The minimum absolute atomic E-state index is 0.0449. The van der Waals surface area contributed by atoms with Crippen molar-refractivity contribution >= 4 is 43.5 Å². The van der Waals surface area contributed by atoms with E-state index in [1.165, 1.54) is 23.5 Å². The lowest BCUT2D eigenvalue weighted by molar-refractivity contribution is -0.0221. The van der Waals surface area contributed by atoms with Gasteiger partial charge in [0, 0.05) is 5.56 Å². The molecule has 0 aliphatic carbocycles. The number of oxime groups is 1. The Morgan fingerprint density at radius 2 is 1.88 bits per heavy atom. The standard InChI is InChI=1S/C30H33N5O6S2/c1-30(2,3)41-29(36)35-17-22(18-35)40-21-12-13-24-26(16-21)42-28(32-24)25(34-43(38,39)23-10-5-4-6-11-23)15-19-8-7-9-20(14-19)27(31)33-37/h4-14,16,22,25,34,37H,15,17-18H2,1-3H3,(H2,31,33). The minimum Gasteiger partial charge on any atom is -0.487 e. The van der Waals surface area contributed by atoms with Crippen molar-refractivity contribution in [2.45, 2.75) is 49.8 Å². The zero-order valence-corrected chi connectivity index (χ0v) is 25.6. The largest absolute Gasteiger partial charge is 0.487 e. The number of carbonyl (C=O) groups excluding carboxylic acids is 1. The van der Waals surface area contributed by atoms with E-state index in [2.05, 4.69) is 9.88 Å². The quantitative estimate of drug-likeness (QED) is 0.105. The van der Waals surface area contributed by atoms with Gasteiger partial charge in [-0.05, 0) is 69.2 Å². The number of nitrogens with one attached hydrogen (secondary N) is 1. The number of amidine groups is 1. The second kappa shape index (κ2) is 12.2. The van der Waals surface area contributed by atoms with Crippen LogP contribution in [-0.2, 0) is 21.2 Å². The number of fused-ring (bicyclic) bond motifs is 1. The van der Waals surface area contributed by atoms with Gasteiger partial charge in [0.25, 0.3) is 0 Å². The first-order valence-corrected chi connectivity index (χ1v) is 15.9. The Morgan fingerprint density at radius 3 is 2.58 bits per heavy atom. The summed E-state index contributed by atoms with van der Waals surface area (Å²) < 4.78 is 41.8. The summed E-state index contributed by atoms with van der Waals surface area (Å²) in [4.78, 5) is 18.7. The van der Waals surface area contributed by atoms with Crippen LogP contribution in [0.1, 0.15) is 42.9 Å². The molecule has 43 heavy (non-hydrogen) atoms. The molecular weight excluding hydrogens is 590 g/mol. The molecule has 5 rings (SSSR count). The van der Waals surface area contributed by atoms with Crippen LogP contribution in [0, 0.1) is 0 Å². The summed E-state index contributed by atoms with van der Waals surface area (Å²) in [6, 6.07) is 20.0. The fraction of sp³-hybridized carbons (Fsp3) is 0.300. The maximum absolute atomic E-state index is 13.3. The Balaban J connectivity index is 1.37. The number of aromatic nitrogens is 1. The van der Waals surface area contributed by atoms with Crippen molar-refractivity contribution in [1.29, 1.82) is 0 Å². The number of benzene rings is 3. The molecule has 0 saturated carbocycles. The van der Waals surface area contributed by atoms with Gasteiger partial charge in [0.1, 0.15) is 22.5 Å². The molecule has 1 aliphatic heterocycles. The fourth-order valence-corrected chi connectivity index (χ4v) is 6.85. The topological polar surface area (TPSA) is 156 Å². The normalized spacial score (nSPS) is 15.2. The molecule has 1 aromatic heterocycles. The van der Waals surface area contributed by atoms with E-state index in [1.54, 1.807) is 41.3 Å². The lowest BCUT2D eigenvalue weighted by atomic mass is 10.0. The van der Waals surface area contributed by atoms with Crippen molar-refractivity contribution in [1.82, 2.24) is 14.6 Å². The first kappa shape index (κ1) is 30.3. The Bertz CT molecular complexity index is 1750. The second-order valence-electron chi connectivity index (χ2n) is 11.2. The zero-order chi connectivity index (χ0) is 30.8. The molecule has 0 radical (unpaired) electrons. The Kier molecular flexibility index (Phi) is 8.58. The molecule has 3 aromatic carbocycles. The average molecular weight is 624 g/mol. The number of nitrogens with two attached hydrogens (primary N) is 1. The molecule has 1 aliphatic rings. The summed E-state index contributed by atoms with van der Waals surface area (Å²) in [5, 5.41) is 12.7. The number of amides is 1. The summed E-state index contributed by atoms with van der Waals surface area (Å²) in [6.07, 6.45) is -0.259. The molecule has 0 spiro atoms. The van der Waals surface area contributed by atoms with Crippen LogP contribution in [0.3, 0.4) is 0 Å². The molecule has 13 heteroatoms. The summed E-state index contributed by atoms with van der Waals surface area (Å²) in [5.74, 6) is 0.584. The molecule has 226 valence electrons. The van der Waals surface area contributed by atoms with Crippen LogP contribution in [0.15, 0.2) is 82.8 Å². The SMILES string of the molecule is CC(C)(C)OC(=O)N1CC(Oc2ccc3nc(C(Cc4cccc(C(N)=NO)c4)NS(=O)(=O)c4ccccc4)sc3c2)C1. The summed E-state index contributed by atoms with van der Waals surface area (Å²) in [7, 11) is -3.88. The van der Waals surface area contributed by atoms with E-state index in [-0.39, 0.29) is 29.3 Å². The maximum atomic E-state index is 13.3. The Morgan fingerprint density at radius 1 is 1.14 bits per heavy atom. The van der Waals surface area contributed by atoms with Gasteiger partial charge in [0.05, 0.1) is 34.2 Å². The average Bonchev–Trinajstić information content (AvgIpc) is 3.37. The van der Waals surface area contributed by atoms with Gasteiger partial charge in [-0.3, -0.25) is 0 Å². The van der Waals surface area contributed by atoms with Crippen LogP contribution in [-0.4, -0.2) is 60.2 Å². The van der Waals surface area contributed by atoms with Crippen LogP contribution < -0.4 is 15.2 Å². The number of hydrogen-bond acceptors (Lipinski definition) is 9. The van der Waals surface area contributed by atoms with E-state index in [0.717, 1.165) is 10.3 Å². The van der Waals surface area contributed by atoms with Gasteiger partial charge >= 0.3 is 6.09 Å². The number of sulfonamides is 1. The maximum Gasteiger partial charge on any atom is 0.410 e. The number of likely N-dealkylation sites (tertiary alicyclic amines) is 1. The highest BCUT2D eigenvalue weighted by molar-refractivity contribution is 7.89. The third kappa shape index (κ3) is 7.42. The van der Waals surface area contributed by atoms with Crippen LogP contribution in [0.5, 0.6) is 5.75 Å². The number of rotatable bonds is 9. The molecular formula is C30H33N5O6S2. The molecule has 4 N–H and O–H groups in total. The number of hydrogen-bond donors (Lipinski definition) is 3. The third-order valence-corrected chi connectivity index (χ3v) is 9.22. The molecule has 1 amide bonds. The van der Waals surface area contributed by atoms with Gasteiger partial charge in [-0.2, -0.15) is 0 Å². The highest BCUT2D eigenvalue weighted by Crippen LogP contribution is 2.33. The van der Waals surface area contributed by atoms with E-state index in [1.807, 2.05) is 45.0 Å². The van der Waals surface area contributed by atoms with Crippen molar-refractivity contribution in [2.24, 2.45) is 10.9 Å². The Labute approximate surface area is 254 Å². The van der Waals surface area contributed by atoms with E-state index in [0.29, 0.717) is 34.9 Å². The van der Waals surface area contributed by atoms with Gasteiger partial charge in [0.15, 0.2) is 5.84 Å². The molecule has 1 atom stereocenters. The lowest BCUT2D eigenvalue weighted by Crippen LogP contribution is -2.57. The predicted molar refractivity (Wildman–Crippen MR) is 164 cm³/mol. The lowest BCUT2D eigenvalue weighted by Gasteiger charge is -2.39. The number of ether oxygens (including phenoxy) is 2. The van der Waals surface area contributed by atoms with Gasteiger partial charge in [-0.1, -0.05) is 41.6 Å². The Hall–Kier alpha value is -4.20.